The molecule has 0 aliphatic carbocycles. The van der Waals surface area contributed by atoms with E-state index in [1.165, 1.54) is 33.1 Å². The Labute approximate surface area is 214 Å². The lowest BCUT2D eigenvalue weighted by Crippen LogP contribution is -2.50. The molecule has 2 heterocycles. The summed E-state index contributed by atoms with van der Waals surface area (Å²) in [5, 5.41) is 1.38. The van der Waals surface area contributed by atoms with Crippen LogP contribution in [0.1, 0.15) is 17.2 Å². The fourth-order valence-electron chi connectivity index (χ4n) is 4.89. The van der Waals surface area contributed by atoms with E-state index in [0.717, 1.165) is 16.5 Å². The van der Waals surface area contributed by atoms with Gasteiger partial charge in [-0.1, -0.05) is 42.5 Å². The molecule has 1 saturated heterocycles. The summed E-state index contributed by atoms with van der Waals surface area (Å²) in [5.74, 6) is -0.865. The molecule has 4 aromatic rings. The Morgan fingerprint density at radius 3 is 1.92 bits per heavy atom. The second-order valence-corrected chi connectivity index (χ2v) is 11.2. The molecular formula is C28H27F2N3O3S. The van der Waals surface area contributed by atoms with Crippen molar-refractivity contribution in [2.45, 2.75) is 12.6 Å². The van der Waals surface area contributed by atoms with E-state index in [1.54, 1.807) is 42.6 Å². The maximum absolute atomic E-state index is 13.6. The monoisotopic (exact) mass is 523 g/mol. The van der Waals surface area contributed by atoms with Crippen LogP contribution in [-0.4, -0.2) is 54.1 Å². The van der Waals surface area contributed by atoms with Crippen molar-refractivity contribution in [3.8, 4) is 0 Å². The summed E-state index contributed by atoms with van der Waals surface area (Å²) in [6.45, 7) is 1.55. The molecule has 5 rings (SSSR count). The van der Waals surface area contributed by atoms with Gasteiger partial charge in [-0.05, 0) is 52.9 Å². The first-order valence-corrected chi connectivity index (χ1v) is 13.7. The molecule has 37 heavy (non-hydrogen) atoms. The summed E-state index contributed by atoms with van der Waals surface area (Å²) in [4.78, 5) is 14.9. The standard InChI is InChI=1S/C28H27F2N3O3S/c29-24-9-5-22(6-10-24)27(23-7-11-25(30)12-8-23)31-15-17-33(18-16-31)37(35,36)20-19-32-14-13-21-3-1-2-4-26(21)28(32)34/h1-14,27H,15-20H2. The Balaban J connectivity index is 1.29. The smallest absolute Gasteiger partial charge is 0.258 e. The van der Waals surface area contributed by atoms with E-state index >= 15 is 0 Å². The number of aryl methyl sites for hydroxylation is 1. The average Bonchev–Trinajstić information content (AvgIpc) is 2.91. The highest BCUT2D eigenvalue weighted by Crippen LogP contribution is 2.30. The number of sulfonamides is 1. The number of rotatable bonds is 7. The first-order chi connectivity index (χ1) is 17.8. The zero-order valence-corrected chi connectivity index (χ0v) is 20.9. The van der Waals surface area contributed by atoms with Crippen molar-refractivity contribution in [3.05, 3.63) is 118 Å². The van der Waals surface area contributed by atoms with Gasteiger partial charge in [0.05, 0.1) is 11.8 Å². The van der Waals surface area contributed by atoms with Gasteiger partial charge in [0, 0.05) is 44.3 Å². The van der Waals surface area contributed by atoms with Gasteiger partial charge in [-0.2, -0.15) is 4.31 Å². The van der Waals surface area contributed by atoms with Crippen LogP contribution in [0.4, 0.5) is 8.78 Å². The van der Waals surface area contributed by atoms with Crippen LogP contribution >= 0.6 is 0 Å². The molecule has 9 heteroatoms. The molecule has 192 valence electrons. The second-order valence-electron chi connectivity index (χ2n) is 9.16. The highest BCUT2D eigenvalue weighted by Gasteiger charge is 2.31. The Bertz CT molecular complexity index is 1500. The van der Waals surface area contributed by atoms with Gasteiger partial charge in [0.2, 0.25) is 10.0 Å². The molecule has 0 amide bonds. The van der Waals surface area contributed by atoms with Crippen LogP contribution in [0.2, 0.25) is 0 Å². The zero-order valence-electron chi connectivity index (χ0n) is 20.1. The van der Waals surface area contributed by atoms with Crippen molar-refractivity contribution in [1.29, 1.82) is 0 Å². The van der Waals surface area contributed by atoms with Gasteiger partial charge in [0.1, 0.15) is 11.6 Å². The number of benzene rings is 3. The number of hydrogen-bond acceptors (Lipinski definition) is 4. The second kappa shape index (κ2) is 10.5. The number of aromatic nitrogens is 1. The van der Waals surface area contributed by atoms with Crippen molar-refractivity contribution >= 4 is 20.8 Å². The van der Waals surface area contributed by atoms with Crippen molar-refractivity contribution in [1.82, 2.24) is 13.8 Å². The summed E-state index contributed by atoms with van der Waals surface area (Å²) in [6.07, 6.45) is 1.63. The van der Waals surface area contributed by atoms with Crippen LogP contribution in [-0.2, 0) is 16.6 Å². The molecule has 0 unspecified atom stereocenters. The number of pyridine rings is 1. The van der Waals surface area contributed by atoms with Gasteiger partial charge in [-0.3, -0.25) is 9.69 Å². The minimum Gasteiger partial charge on any atom is -0.314 e. The number of hydrogen-bond donors (Lipinski definition) is 0. The maximum Gasteiger partial charge on any atom is 0.258 e. The Morgan fingerprint density at radius 1 is 0.757 bits per heavy atom. The van der Waals surface area contributed by atoms with Crippen molar-refractivity contribution in [3.63, 3.8) is 0 Å². The lowest BCUT2D eigenvalue weighted by Gasteiger charge is -2.39. The van der Waals surface area contributed by atoms with Crippen LogP contribution in [0, 0.1) is 11.6 Å². The van der Waals surface area contributed by atoms with E-state index < -0.39 is 10.0 Å². The average molecular weight is 524 g/mol. The van der Waals surface area contributed by atoms with Crippen LogP contribution in [0.15, 0.2) is 89.9 Å². The van der Waals surface area contributed by atoms with Gasteiger partial charge in [-0.25, -0.2) is 17.2 Å². The molecule has 6 nitrogen and oxygen atoms in total. The molecule has 1 fully saturated rings. The Hall–Kier alpha value is -3.40. The van der Waals surface area contributed by atoms with E-state index in [4.69, 9.17) is 0 Å². The fraction of sp³-hybridized carbons (Fsp3) is 0.250. The van der Waals surface area contributed by atoms with Crippen LogP contribution in [0.25, 0.3) is 10.8 Å². The van der Waals surface area contributed by atoms with Gasteiger partial charge in [-0.15, -0.1) is 0 Å². The molecule has 0 saturated carbocycles. The van der Waals surface area contributed by atoms with Gasteiger partial charge in [0.25, 0.3) is 5.56 Å². The number of nitrogens with zero attached hydrogens (tertiary/aromatic N) is 3. The molecule has 0 radical (unpaired) electrons. The van der Waals surface area contributed by atoms with Crippen LogP contribution in [0.5, 0.6) is 0 Å². The maximum atomic E-state index is 13.6. The van der Waals surface area contributed by atoms with E-state index in [9.17, 15) is 22.0 Å². The Kier molecular flexibility index (Phi) is 7.19. The van der Waals surface area contributed by atoms with E-state index in [0.29, 0.717) is 18.5 Å². The summed E-state index contributed by atoms with van der Waals surface area (Å²) in [6, 6.07) is 21.1. The van der Waals surface area contributed by atoms with E-state index in [2.05, 4.69) is 4.90 Å². The number of piperazine rings is 1. The van der Waals surface area contributed by atoms with Gasteiger partial charge in [0.15, 0.2) is 0 Å². The lowest BCUT2D eigenvalue weighted by molar-refractivity contribution is 0.155. The highest BCUT2D eigenvalue weighted by molar-refractivity contribution is 7.89. The highest BCUT2D eigenvalue weighted by atomic mass is 32.2. The molecule has 1 aliphatic heterocycles. The summed E-state index contributed by atoms with van der Waals surface area (Å²) in [7, 11) is -3.59. The predicted octanol–water partition coefficient (Wildman–Crippen LogP) is 4.02. The molecular weight excluding hydrogens is 496 g/mol. The largest absolute Gasteiger partial charge is 0.314 e. The van der Waals surface area contributed by atoms with Crippen molar-refractivity contribution in [2.75, 3.05) is 31.9 Å². The zero-order chi connectivity index (χ0) is 26.0. The molecule has 0 N–H and O–H groups in total. The topological polar surface area (TPSA) is 62.6 Å². The summed E-state index contributed by atoms with van der Waals surface area (Å²) < 4.78 is 56.3. The van der Waals surface area contributed by atoms with Crippen LogP contribution < -0.4 is 5.56 Å². The minimum absolute atomic E-state index is 0.0694. The van der Waals surface area contributed by atoms with E-state index in [1.807, 2.05) is 18.2 Å². The first-order valence-electron chi connectivity index (χ1n) is 12.1. The SMILES string of the molecule is O=c1c2ccccc2ccn1CCS(=O)(=O)N1CCN(C(c2ccc(F)cc2)c2ccc(F)cc2)CC1. The van der Waals surface area contributed by atoms with Gasteiger partial charge < -0.3 is 4.57 Å². The molecule has 1 aromatic heterocycles. The Morgan fingerprint density at radius 2 is 1.32 bits per heavy atom. The van der Waals surface area contributed by atoms with Crippen molar-refractivity contribution in [2.24, 2.45) is 0 Å². The third kappa shape index (κ3) is 5.49. The number of halogens is 2. The molecule has 0 atom stereocenters. The summed E-state index contributed by atoms with van der Waals surface area (Å²) >= 11 is 0. The molecule has 0 spiro atoms. The normalized spacial score (nSPS) is 15.4. The molecule has 1 aliphatic rings. The quantitative estimate of drug-likeness (QED) is 0.367. The number of fused-ring (bicyclic) bond motifs is 1. The fourth-order valence-corrected chi connectivity index (χ4v) is 6.30. The minimum atomic E-state index is -3.59. The van der Waals surface area contributed by atoms with Crippen molar-refractivity contribution < 1.29 is 17.2 Å². The predicted molar refractivity (Wildman–Crippen MR) is 140 cm³/mol. The van der Waals surface area contributed by atoms with Crippen LogP contribution in [0.3, 0.4) is 0 Å². The third-order valence-electron chi connectivity index (χ3n) is 6.88. The van der Waals surface area contributed by atoms with E-state index in [-0.39, 0.29) is 48.6 Å². The third-order valence-corrected chi connectivity index (χ3v) is 8.73. The molecule has 0 bridgehead atoms. The van der Waals surface area contributed by atoms with Gasteiger partial charge >= 0.3 is 0 Å². The first kappa shape index (κ1) is 25.3. The lowest BCUT2D eigenvalue weighted by atomic mass is 9.96. The summed E-state index contributed by atoms with van der Waals surface area (Å²) in [5.41, 5.74) is 1.49. The molecule has 3 aromatic carbocycles.